The number of rotatable bonds is 3. The highest BCUT2D eigenvalue weighted by Crippen LogP contribution is 2.38. The van der Waals surface area contributed by atoms with E-state index in [1.807, 2.05) is 12.1 Å². The number of aromatic nitrogens is 1. The average molecular weight is 480 g/mol. The Balaban J connectivity index is 1.42. The Kier molecular flexibility index (Phi) is 5.01. The molecule has 2 aliphatic heterocycles. The smallest absolute Gasteiger partial charge is 0.345 e. The van der Waals surface area contributed by atoms with E-state index in [9.17, 15) is 9.59 Å². The lowest BCUT2D eigenvalue weighted by Gasteiger charge is -2.20. The summed E-state index contributed by atoms with van der Waals surface area (Å²) in [6.07, 6.45) is 4.63. The number of carbonyl (C=O) groups excluding carboxylic acids is 2. The molecule has 3 aromatic rings. The molecule has 0 amide bonds. The Hall–Kier alpha value is -3.49. The van der Waals surface area contributed by atoms with Gasteiger partial charge in [-0.05, 0) is 42.5 Å². The first-order valence-corrected chi connectivity index (χ1v) is 10.1. The maximum Gasteiger partial charge on any atom is 0.345 e. The molecule has 0 saturated carbocycles. The van der Waals surface area contributed by atoms with Crippen LogP contribution in [-0.2, 0) is 11.3 Å². The van der Waals surface area contributed by atoms with Crippen LogP contribution < -0.4 is 14.2 Å². The average Bonchev–Trinajstić information content (AvgIpc) is 3.09. The van der Waals surface area contributed by atoms with Crippen LogP contribution in [0.4, 0.5) is 0 Å². The molecular weight excluding hydrogens is 466 g/mol. The van der Waals surface area contributed by atoms with E-state index in [2.05, 4.69) is 20.9 Å². The number of hydrogen-bond donors (Lipinski definition) is 0. The largest absolute Gasteiger partial charge is 0.467 e. The van der Waals surface area contributed by atoms with Gasteiger partial charge in [0.05, 0.1) is 17.7 Å². The van der Waals surface area contributed by atoms with E-state index in [1.54, 1.807) is 36.5 Å². The molecule has 0 spiro atoms. The van der Waals surface area contributed by atoms with Crippen LogP contribution in [-0.4, -0.2) is 23.5 Å². The van der Waals surface area contributed by atoms with Crippen molar-refractivity contribution in [3.63, 3.8) is 0 Å². The molecule has 3 heterocycles. The summed E-state index contributed by atoms with van der Waals surface area (Å²) in [4.78, 5) is 29.0. The summed E-state index contributed by atoms with van der Waals surface area (Å²) in [5, 5.41) is 0. The van der Waals surface area contributed by atoms with Gasteiger partial charge in [-0.15, -0.1) is 0 Å². The number of hydrogen-bond acceptors (Lipinski definition) is 7. The molecule has 31 heavy (non-hydrogen) atoms. The third-order valence-electron chi connectivity index (χ3n) is 4.74. The number of ketones is 1. The Morgan fingerprint density at radius 2 is 2.10 bits per heavy atom. The fourth-order valence-corrected chi connectivity index (χ4v) is 3.86. The van der Waals surface area contributed by atoms with Crippen LogP contribution in [0.2, 0.25) is 0 Å². The van der Waals surface area contributed by atoms with Crippen molar-refractivity contribution in [2.45, 2.75) is 6.61 Å². The molecule has 0 saturated heterocycles. The van der Waals surface area contributed by atoms with Crippen molar-refractivity contribution in [2.24, 2.45) is 0 Å². The Morgan fingerprint density at radius 1 is 1.19 bits per heavy atom. The van der Waals surface area contributed by atoms with Crippen LogP contribution in [0.25, 0.3) is 6.08 Å². The van der Waals surface area contributed by atoms with E-state index < -0.39 is 5.97 Å². The summed E-state index contributed by atoms with van der Waals surface area (Å²) in [7, 11) is 0. The molecule has 154 valence electrons. The Bertz CT molecular complexity index is 1240. The van der Waals surface area contributed by atoms with Crippen molar-refractivity contribution in [2.75, 3.05) is 6.79 Å². The van der Waals surface area contributed by atoms with E-state index >= 15 is 0 Å². The van der Waals surface area contributed by atoms with Gasteiger partial charge >= 0.3 is 5.97 Å². The van der Waals surface area contributed by atoms with Crippen molar-refractivity contribution >= 4 is 33.8 Å². The van der Waals surface area contributed by atoms with Crippen LogP contribution in [0.1, 0.15) is 31.8 Å². The topological polar surface area (TPSA) is 84.0 Å². The zero-order chi connectivity index (χ0) is 21.4. The summed E-state index contributed by atoms with van der Waals surface area (Å²) in [6.45, 7) is 0.567. The van der Waals surface area contributed by atoms with Crippen LogP contribution in [0.3, 0.4) is 0 Å². The molecule has 7 nitrogen and oxygen atoms in total. The van der Waals surface area contributed by atoms with Crippen LogP contribution in [0, 0.1) is 0 Å². The zero-order valence-corrected chi connectivity index (χ0v) is 17.5. The van der Waals surface area contributed by atoms with E-state index in [1.165, 1.54) is 12.3 Å². The first-order chi connectivity index (χ1) is 15.1. The minimum atomic E-state index is -0.548. The first kappa shape index (κ1) is 19.5. The minimum Gasteiger partial charge on any atom is -0.467 e. The van der Waals surface area contributed by atoms with E-state index in [0.717, 1.165) is 10.0 Å². The Morgan fingerprint density at radius 3 is 2.94 bits per heavy atom. The summed E-state index contributed by atoms with van der Waals surface area (Å²) in [5.41, 5.74) is 2.29. The number of fused-ring (bicyclic) bond motifs is 2. The van der Waals surface area contributed by atoms with Crippen molar-refractivity contribution in [3.05, 3.63) is 87.3 Å². The summed E-state index contributed by atoms with van der Waals surface area (Å²) in [5.74, 6) is 0.582. The third-order valence-corrected chi connectivity index (χ3v) is 5.20. The van der Waals surface area contributed by atoms with Gasteiger partial charge in [-0.2, -0.15) is 0 Å². The molecule has 0 bridgehead atoms. The number of pyridine rings is 1. The van der Waals surface area contributed by atoms with Gasteiger partial charge in [0, 0.05) is 34.1 Å². The van der Waals surface area contributed by atoms with Crippen molar-refractivity contribution in [1.29, 1.82) is 0 Å². The minimum absolute atomic E-state index is 0.144. The van der Waals surface area contributed by atoms with Crippen LogP contribution >= 0.6 is 15.9 Å². The maximum atomic E-state index is 12.8. The standard InChI is InChI=1S/C23H14BrNO6/c24-16-6-14(22-15(7-16)11-28-12-29-22)8-20-21(26)18-4-3-17(9-19(18)31-20)30-23(27)13-2-1-5-25-10-13/h1-10H,11-12H2/b20-8-. The highest BCUT2D eigenvalue weighted by atomic mass is 79.9. The summed E-state index contributed by atoms with van der Waals surface area (Å²) in [6, 6.07) is 11.7. The van der Waals surface area contributed by atoms with Crippen LogP contribution in [0.5, 0.6) is 17.2 Å². The fraction of sp³-hybridized carbons (Fsp3) is 0.0870. The van der Waals surface area contributed by atoms with Gasteiger partial charge < -0.3 is 18.9 Å². The van der Waals surface area contributed by atoms with E-state index in [4.69, 9.17) is 18.9 Å². The molecule has 2 aliphatic rings. The molecular formula is C23H14BrNO6. The number of allylic oxidation sites excluding steroid dienone is 1. The molecule has 8 heteroatoms. The molecule has 0 aliphatic carbocycles. The highest BCUT2D eigenvalue weighted by molar-refractivity contribution is 9.10. The second-order valence-corrected chi connectivity index (χ2v) is 7.74. The molecule has 1 aromatic heterocycles. The van der Waals surface area contributed by atoms with Crippen molar-refractivity contribution < 1.29 is 28.5 Å². The van der Waals surface area contributed by atoms with Gasteiger partial charge in [0.25, 0.3) is 0 Å². The normalized spacial score (nSPS) is 15.6. The van der Waals surface area contributed by atoms with E-state index in [0.29, 0.717) is 34.8 Å². The molecule has 0 unspecified atom stereocenters. The maximum absolute atomic E-state index is 12.8. The highest BCUT2D eigenvalue weighted by Gasteiger charge is 2.29. The first-order valence-electron chi connectivity index (χ1n) is 9.32. The number of nitrogens with zero attached hydrogens (tertiary/aromatic N) is 1. The molecule has 0 fully saturated rings. The number of benzene rings is 2. The molecule has 2 aromatic carbocycles. The number of esters is 1. The van der Waals surface area contributed by atoms with Crippen molar-refractivity contribution in [3.8, 4) is 17.2 Å². The van der Waals surface area contributed by atoms with Crippen LogP contribution in [0.15, 0.2) is 65.1 Å². The predicted molar refractivity (Wildman–Crippen MR) is 113 cm³/mol. The molecule has 0 atom stereocenters. The number of halogens is 1. The lowest BCUT2D eigenvalue weighted by atomic mass is 10.1. The second kappa shape index (κ2) is 7.98. The van der Waals surface area contributed by atoms with Gasteiger partial charge in [0.1, 0.15) is 17.2 Å². The van der Waals surface area contributed by atoms with Gasteiger partial charge in [0.15, 0.2) is 12.6 Å². The third kappa shape index (κ3) is 3.83. The predicted octanol–water partition coefficient (Wildman–Crippen LogP) is 4.55. The quantitative estimate of drug-likeness (QED) is 0.309. The lowest BCUT2D eigenvalue weighted by molar-refractivity contribution is -0.0165. The lowest BCUT2D eigenvalue weighted by Crippen LogP contribution is -2.12. The zero-order valence-electron chi connectivity index (χ0n) is 16.0. The number of Topliss-reactive ketones (excluding diaryl/α,β-unsaturated/α-hetero) is 1. The van der Waals surface area contributed by atoms with Gasteiger partial charge in [-0.1, -0.05) is 15.9 Å². The van der Waals surface area contributed by atoms with Gasteiger partial charge in [0.2, 0.25) is 5.78 Å². The number of carbonyl (C=O) groups is 2. The van der Waals surface area contributed by atoms with Gasteiger partial charge in [-0.25, -0.2) is 4.79 Å². The summed E-state index contributed by atoms with van der Waals surface area (Å²) >= 11 is 3.47. The van der Waals surface area contributed by atoms with Gasteiger partial charge in [-0.3, -0.25) is 9.78 Å². The number of ether oxygens (including phenoxy) is 4. The summed E-state index contributed by atoms with van der Waals surface area (Å²) < 4.78 is 22.9. The molecule has 0 radical (unpaired) electrons. The fourth-order valence-electron chi connectivity index (χ4n) is 3.34. The monoisotopic (exact) mass is 479 g/mol. The second-order valence-electron chi connectivity index (χ2n) is 6.82. The SMILES string of the molecule is O=C(Oc1ccc2c(c1)O/C(=C\c1cc(Br)cc3c1OCOC3)C2=O)c1cccnc1. The molecule has 5 rings (SSSR count). The Labute approximate surface area is 185 Å². The molecule has 0 N–H and O–H groups in total. The van der Waals surface area contributed by atoms with Crippen molar-refractivity contribution in [1.82, 2.24) is 4.98 Å². The van der Waals surface area contributed by atoms with E-state index in [-0.39, 0.29) is 24.1 Å².